The first kappa shape index (κ1) is 12.5. The topological polar surface area (TPSA) is 68.7 Å². The summed E-state index contributed by atoms with van der Waals surface area (Å²) in [5.41, 5.74) is 0.313. The van der Waals surface area contributed by atoms with Gasteiger partial charge in [0, 0.05) is 12.7 Å². The number of pyridine rings is 1. The predicted octanol–water partition coefficient (Wildman–Crippen LogP) is 0.0956. The van der Waals surface area contributed by atoms with Crippen LogP contribution in [0.1, 0.15) is 10.5 Å². The van der Waals surface area contributed by atoms with Gasteiger partial charge in [0.2, 0.25) is 0 Å². The fraction of sp³-hybridized carbons (Fsp3) is 0.417. The van der Waals surface area contributed by atoms with Gasteiger partial charge in [-0.05, 0) is 12.1 Å². The number of carbonyl (C=O) groups is 2. The summed E-state index contributed by atoms with van der Waals surface area (Å²) in [6, 6.07) is 4.38. The molecule has 0 radical (unpaired) electrons. The first-order valence-electron chi connectivity index (χ1n) is 5.61. The third-order valence-corrected chi connectivity index (χ3v) is 2.75. The highest BCUT2D eigenvalue weighted by Gasteiger charge is 2.34. The normalized spacial score (nSPS) is 19.4. The molecule has 6 heteroatoms. The molecule has 1 aromatic rings. The van der Waals surface area contributed by atoms with E-state index in [0.717, 1.165) is 0 Å². The van der Waals surface area contributed by atoms with Crippen LogP contribution >= 0.6 is 0 Å². The fourth-order valence-corrected chi connectivity index (χ4v) is 1.81. The lowest BCUT2D eigenvalue weighted by atomic mass is 10.2. The molecule has 0 saturated carbocycles. The highest BCUT2D eigenvalue weighted by Crippen LogP contribution is 2.12. The van der Waals surface area contributed by atoms with E-state index < -0.39 is 12.0 Å². The molecule has 0 spiro atoms. The van der Waals surface area contributed by atoms with Gasteiger partial charge in [0.15, 0.2) is 6.04 Å². The maximum atomic E-state index is 12.2. The second-order valence-electron chi connectivity index (χ2n) is 3.83. The largest absolute Gasteiger partial charge is 0.467 e. The first-order chi connectivity index (χ1) is 8.74. The van der Waals surface area contributed by atoms with Crippen molar-refractivity contribution in [3.63, 3.8) is 0 Å². The standard InChI is InChI=1S/C12H14N2O4/c1-17-12(16)10-8-18-7-6-14(10)11(15)9-4-2-3-5-13-9/h2-5,10H,6-8H2,1H3. The van der Waals surface area contributed by atoms with Crippen LogP contribution in [-0.2, 0) is 14.3 Å². The molecule has 1 unspecified atom stereocenters. The number of carbonyl (C=O) groups excluding carboxylic acids is 2. The van der Waals surface area contributed by atoms with Gasteiger partial charge in [-0.3, -0.25) is 9.78 Å². The van der Waals surface area contributed by atoms with E-state index in [1.165, 1.54) is 12.0 Å². The molecule has 0 bridgehead atoms. The van der Waals surface area contributed by atoms with Gasteiger partial charge in [0.25, 0.3) is 5.91 Å². The lowest BCUT2D eigenvalue weighted by Gasteiger charge is -2.33. The number of methoxy groups -OCH3 is 1. The summed E-state index contributed by atoms with van der Waals surface area (Å²) in [6.45, 7) is 0.923. The Morgan fingerprint density at radius 2 is 2.33 bits per heavy atom. The Kier molecular flexibility index (Phi) is 3.88. The second-order valence-corrected chi connectivity index (χ2v) is 3.83. The summed E-state index contributed by atoms with van der Waals surface area (Å²) in [5.74, 6) is -0.756. The average Bonchev–Trinajstić information content (AvgIpc) is 2.46. The van der Waals surface area contributed by atoms with Crippen LogP contribution < -0.4 is 0 Å². The third kappa shape index (κ3) is 2.48. The van der Waals surface area contributed by atoms with Crippen molar-refractivity contribution < 1.29 is 19.1 Å². The van der Waals surface area contributed by atoms with Crippen molar-refractivity contribution in [1.82, 2.24) is 9.88 Å². The zero-order valence-electron chi connectivity index (χ0n) is 10.0. The van der Waals surface area contributed by atoms with Gasteiger partial charge in [0.05, 0.1) is 20.3 Å². The van der Waals surface area contributed by atoms with E-state index in [-0.39, 0.29) is 12.5 Å². The molecular weight excluding hydrogens is 236 g/mol. The molecule has 1 saturated heterocycles. The monoisotopic (exact) mass is 250 g/mol. The zero-order chi connectivity index (χ0) is 13.0. The van der Waals surface area contributed by atoms with Crippen molar-refractivity contribution >= 4 is 11.9 Å². The molecule has 1 aromatic heterocycles. The number of esters is 1. The highest BCUT2D eigenvalue weighted by atomic mass is 16.5. The summed E-state index contributed by atoms with van der Waals surface area (Å²) in [7, 11) is 1.29. The molecule has 0 N–H and O–H groups in total. The van der Waals surface area contributed by atoms with Gasteiger partial charge >= 0.3 is 5.97 Å². The van der Waals surface area contributed by atoms with Crippen LogP contribution in [-0.4, -0.2) is 54.7 Å². The Hall–Kier alpha value is -1.95. The Bertz CT molecular complexity index is 435. The zero-order valence-corrected chi connectivity index (χ0v) is 10.0. The maximum Gasteiger partial charge on any atom is 0.331 e. The number of nitrogens with zero attached hydrogens (tertiary/aromatic N) is 2. The second kappa shape index (κ2) is 5.59. The molecule has 6 nitrogen and oxygen atoms in total. The smallest absolute Gasteiger partial charge is 0.331 e. The van der Waals surface area contributed by atoms with Gasteiger partial charge in [-0.15, -0.1) is 0 Å². The van der Waals surface area contributed by atoms with E-state index >= 15 is 0 Å². The van der Waals surface area contributed by atoms with Crippen molar-refractivity contribution in [3.8, 4) is 0 Å². The Morgan fingerprint density at radius 3 is 3.00 bits per heavy atom. The van der Waals surface area contributed by atoms with Crippen molar-refractivity contribution in [2.75, 3.05) is 26.9 Å². The van der Waals surface area contributed by atoms with Gasteiger partial charge in [-0.25, -0.2) is 4.79 Å². The lowest BCUT2D eigenvalue weighted by molar-refractivity contribution is -0.151. The summed E-state index contributed by atoms with van der Waals surface area (Å²) in [4.78, 5) is 29.3. The summed E-state index contributed by atoms with van der Waals surface area (Å²) >= 11 is 0. The molecular formula is C12H14N2O4. The number of morpholine rings is 1. The Balaban J connectivity index is 2.19. The van der Waals surface area contributed by atoms with E-state index in [9.17, 15) is 9.59 Å². The van der Waals surface area contributed by atoms with Crippen LogP contribution in [0.5, 0.6) is 0 Å². The van der Waals surface area contributed by atoms with Crippen LogP contribution in [0.3, 0.4) is 0 Å². The van der Waals surface area contributed by atoms with E-state index in [4.69, 9.17) is 4.74 Å². The molecule has 2 rings (SSSR count). The summed E-state index contributed by atoms with van der Waals surface area (Å²) in [6.07, 6.45) is 1.54. The molecule has 1 atom stereocenters. The van der Waals surface area contributed by atoms with Gasteiger partial charge in [-0.2, -0.15) is 0 Å². The summed E-state index contributed by atoms with van der Waals surface area (Å²) in [5, 5.41) is 0. The minimum atomic E-state index is -0.696. The van der Waals surface area contributed by atoms with Gasteiger partial charge in [-0.1, -0.05) is 6.07 Å². The van der Waals surface area contributed by atoms with Gasteiger partial charge in [0.1, 0.15) is 5.69 Å². The molecule has 1 aliphatic heterocycles. The number of aromatic nitrogens is 1. The minimum Gasteiger partial charge on any atom is -0.467 e. The van der Waals surface area contributed by atoms with Gasteiger partial charge < -0.3 is 14.4 Å². The highest BCUT2D eigenvalue weighted by molar-refractivity contribution is 5.95. The van der Waals surface area contributed by atoms with Crippen LogP contribution in [0.2, 0.25) is 0 Å². The minimum absolute atomic E-state index is 0.158. The van der Waals surface area contributed by atoms with E-state index in [1.54, 1.807) is 24.4 Å². The van der Waals surface area contributed by atoms with Crippen LogP contribution in [0.4, 0.5) is 0 Å². The lowest BCUT2D eigenvalue weighted by Crippen LogP contribution is -2.53. The van der Waals surface area contributed by atoms with Crippen LogP contribution in [0.25, 0.3) is 0 Å². The molecule has 2 heterocycles. The van der Waals surface area contributed by atoms with Crippen molar-refractivity contribution in [2.24, 2.45) is 0 Å². The molecule has 1 aliphatic rings. The summed E-state index contributed by atoms with van der Waals surface area (Å²) < 4.78 is 9.88. The third-order valence-electron chi connectivity index (χ3n) is 2.75. The van der Waals surface area contributed by atoms with Crippen molar-refractivity contribution in [3.05, 3.63) is 30.1 Å². The molecule has 0 aliphatic carbocycles. The number of ether oxygens (including phenoxy) is 2. The van der Waals surface area contributed by atoms with E-state index in [2.05, 4.69) is 9.72 Å². The quantitative estimate of drug-likeness (QED) is 0.696. The number of hydrogen-bond acceptors (Lipinski definition) is 5. The number of rotatable bonds is 2. The number of hydrogen-bond donors (Lipinski definition) is 0. The molecule has 1 amide bonds. The fourth-order valence-electron chi connectivity index (χ4n) is 1.81. The average molecular weight is 250 g/mol. The maximum absolute atomic E-state index is 12.2. The number of amides is 1. The van der Waals surface area contributed by atoms with Crippen LogP contribution in [0, 0.1) is 0 Å². The Morgan fingerprint density at radius 1 is 1.50 bits per heavy atom. The molecule has 96 valence electrons. The molecule has 1 fully saturated rings. The van der Waals surface area contributed by atoms with Crippen LogP contribution in [0.15, 0.2) is 24.4 Å². The first-order valence-corrected chi connectivity index (χ1v) is 5.61. The molecule has 18 heavy (non-hydrogen) atoms. The SMILES string of the molecule is COC(=O)C1COCCN1C(=O)c1ccccn1. The van der Waals surface area contributed by atoms with E-state index in [0.29, 0.717) is 18.8 Å². The molecule has 0 aromatic carbocycles. The predicted molar refractivity (Wildman–Crippen MR) is 61.9 cm³/mol. The van der Waals surface area contributed by atoms with Crippen molar-refractivity contribution in [1.29, 1.82) is 0 Å². The van der Waals surface area contributed by atoms with Crippen molar-refractivity contribution in [2.45, 2.75) is 6.04 Å². The Labute approximate surface area is 105 Å². The van der Waals surface area contributed by atoms with E-state index in [1.807, 2.05) is 0 Å².